The highest BCUT2D eigenvalue weighted by Crippen LogP contribution is 2.36. The fourth-order valence-corrected chi connectivity index (χ4v) is 4.51. The summed E-state index contributed by atoms with van der Waals surface area (Å²) in [6.07, 6.45) is 2.00. The maximum atomic E-state index is 12.8. The van der Waals surface area contributed by atoms with Crippen LogP contribution in [0.25, 0.3) is 0 Å². The van der Waals surface area contributed by atoms with E-state index in [1.54, 1.807) is 0 Å². The lowest BCUT2D eigenvalue weighted by atomic mass is 9.80. The maximum absolute atomic E-state index is 12.8. The van der Waals surface area contributed by atoms with Gasteiger partial charge in [0.1, 0.15) is 0 Å². The number of hydrogen-bond donors (Lipinski definition) is 3. The molecule has 1 heterocycles. The standard InChI is InChI=1S/C23H29N3O2/c24-22-10-9-21(19-7-3-4-8-20(19)22)23(28)25-13-18(27)15-26-12-11-16-5-1-2-6-17(16)14-26/h1-8,18,21-22,27H,9-15,24H2,(H,25,28)/t18-,21?,22?/m1/s1. The number of amides is 1. The van der Waals surface area contributed by atoms with Crippen molar-refractivity contribution in [3.8, 4) is 0 Å². The zero-order valence-corrected chi connectivity index (χ0v) is 16.2. The molecule has 148 valence electrons. The van der Waals surface area contributed by atoms with E-state index in [1.165, 1.54) is 11.1 Å². The summed E-state index contributed by atoms with van der Waals surface area (Å²) in [5.74, 6) is -0.188. The summed E-state index contributed by atoms with van der Waals surface area (Å²) in [6, 6.07) is 16.4. The lowest BCUT2D eigenvalue weighted by Gasteiger charge is -2.31. The minimum absolute atomic E-state index is 0.00724. The van der Waals surface area contributed by atoms with Crippen LogP contribution in [0.1, 0.15) is 47.1 Å². The third kappa shape index (κ3) is 4.12. The van der Waals surface area contributed by atoms with E-state index in [4.69, 9.17) is 5.73 Å². The predicted octanol–water partition coefficient (Wildman–Crippen LogP) is 2.10. The number of carbonyl (C=O) groups excluding carboxylic acids is 1. The average Bonchev–Trinajstić information content (AvgIpc) is 2.72. The van der Waals surface area contributed by atoms with Gasteiger partial charge in [0.05, 0.1) is 12.0 Å². The van der Waals surface area contributed by atoms with Crippen molar-refractivity contribution >= 4 is 5.91 Å². The normalized spacial score (nSPS) is 22.8. The monoisotopic (exact) mass is 379 g/mol. The Balaban J connectivity index is 1.30. The van der Waals surface area contributed by atoms with Crippen LogP contribution in [0.2, 0.25) is 0 Å². The highest BCUT2D eigenvalue weighted by atomic mass is 16.3. The highest BCUT2D eigenvalue weighted by molar-refractivity contribution is 5.84. The van der Waals surface area contributed by atoms with Crippen LogP contribution in [-0.2, 0) is 17.8 Å². The van der Waals surface area contributed by atoms with Crippen molar-refractivity contribution in [1.82, 2.24) is 10.2 Å². The van der Waals surface area contributed by atoms with E-state index < -0.39 is 6.10 Å². The number of fused-ring (bicyclic) bond motifs is 2. The first kappa shape index (κ1) is 19.1. The third-order valence-electron chi connectivity index (χ3n) is 6.04. The van der Waals surface area contributed by atoms with Gasteiger partial charge in [-0.25, -0.2) is 0 Å². The molecule has 28 heavy (non-hydrogen) atoms. The fraction of sp³-hybridized carbons (Fsp3) is 0.435. The summed E-state index contributed by atoms with van der Waals surface area (Å²) in [4.78, 5) is 15.0. The van der Waals surface area contributed by atoms with Gasteiger partial charge in [-0.05, 0) is 41.5 Å². The number of hydrogen-bond acceptors (Lipinski definition) is 4. The summed E-state index contributed by atoms with van der Waals surface area (Å²) in [6.45, 7) is 2.65. The summed E-state index contributed by atoms with van der Waals surface area (Å²) >= 11 is 0. The molecule has 1 aliphatic heterocycles. The minimum Gasteiger partial charge on any atom is -0.390 e. The molecule has 0 saturated carbocycles. The number of nitrogens with two attached hydrogens (primary N) is 1. The van der Waals surface area contributed by atoms with Crippen molar-refractivity contribution in [1.29, 1.82) is 0 Å². The van der Waals surface area contributed by atoms with E-state index in [0.717, 1.165) is 43.5 Å². The second-order valence-corrected chi connectivity index (χ2v) is 8.02. The van der Waals surface area contributed by atoms with Crippen LogP contribution in [0, 0.1) is 0 Å². The van der Waals surface area contributed by atoms with Crippen molar-refractivity contribution in [3.05, 3.63) is 70.8 Å². The van der Waals surface area contributed by atoms with Gasteiger partial charge in [0.25, 0.3) is 0 Å². The Morgan fingerprint density at radius 3 is 2.64 bits per heavy atom. The van der Waals surface area contributed by atoms with Gasteiger partial charge in [-0.1, -0.05) is 48.5 Å². The molecule has 0 bridgehead atoms. The minimum atomic E-state index is -0.574. The van der Waals surface area contributed by atoms with Gasteiger partial charge in [-0.3, -0.25) is 9.69 Å². The van der Waals surface area contributed by atoms with Crippen molar-refractivity contribution in [3.63, 3.8) is 0 Å². The van der Waals surface area contributed by atoms with Crippen LogP contribution in [0.3, 0.4) is 0 Å². The first-order valence-corrected chi connectivity index (χ1v) is 10.2. The number of nitrogens with one attached hydrogen (secondary N) is 1. The average molecular weight is 380 g/mol. The number of carbonyl (C=O) groups is 1. The fourth-order valence-electron chi connectivity index (χ4n) is 4.51. The van der Waals surface area contributed by atoms with Gasteiger partial charge in [0.2, 0.25) is 5.91 Å². The van der Waals surface area contributed by atoms with Crippen LogP contribution < -0.4 is 11.1 Å². The van der Waals surface area contributed by atoms with Crippen molar-refractivity contribution < 1.29 is 9.90 Å². The molecule has 1 amide bonds. The molecule has 2 unspecified atom stereocenters. The van der Waals surface area contributed by atoms with E-state index in [1.807, 2.05) is 24.3 Å². The molecule has 0 spiro atoms. The topological polar surface area (TPSA) is 78.6 Å². The van der Waals surface area contributed by atoms with Crippen LogP contribution in [0.15, 0.2) is 48.5 Å². The molecule has 3 atom stereocenters. The van der Waals surface area contributed by atoms with Gasteiger partial charge in [0, 0.05) is 32.2 Å². The van der Waals surface area contributed by atoms with E-state index in [0.29, 0.717) is 6.54 Å². The number of benzene rings is 2. The molecule has 0 radical (unpaired) electrons. The summed E-state index contributed by atoms with van der Waals surface area (Å²) in [7, 11) is 0. The quantitative estimate of drug-likeness (QED) is 0.743. The first-order chi connectivity index (χ1) is 13.6. The Kier molecular flexibility index (Phi) is 5.76. The molecule has 5 nitrogen and oxygen atoms in total. The zero-order chi connectivity index (χ0) is 19.5. The lowest BCUT2D eigenvalue weighted by molar-refractivity contribution is -0.123. The maximum Gasteiger partial charge on any atom is 0.227 e. The van der Waals surface area contributed by atoms with Gasteiger partial charge in [-0.2, -0.15) is 0 Å². The van der Waals surface area contributed by atoms with Crippen LogP contribution in [0.4, 0.5) is 0 Å². The van der Waals surface area contributed by atoms with Crippen LogP contribution >= 0.6 is 0 Å². The molecule has 4 N–H and O–H groups in total. The first-order valence-electron chi connectivity index (χ1n) is 10.2. The van der Waals surface area contributed by atoms with Crippen LogP contribution in [0.5, 0.6) is 0 Å². The Morgan fingerprint density at radius 1 is 1.11 bits per heavy atom. The molecular formula is C23H29N3O2. The van der Waals surface area contributed by atoms with E-state index in [-0.39, 0.29) is 24.4 Å². The molecule has 4 rings (SSSR count). The SMILES string of the molecule is NC1CCC(C(=O)NC[C@@H](O)CN2CCc3ccccc3C2)c2ccccc21. The molecule has 5 heteroatoms. The molecule has 2 aromatic carbocycles. The zero-order valence-electron chi connectivity index (χ0n) is 16.2. The Labute approximate surface area is 166 Å². The summed E-state index contributed by atoms with van der Waals surface area (Å²) < 4.78 is 0. The number of rotatable bonds is 5. The van der Waals surface area contributed by atoms with Gasteiger partial charge in [-0.15, -0.1) is 0 Å². The van der Waals surface area contributed by atoms with E-state index >= 15 is 0 Å². The van der Waals surface area contributed by atoms with Gasteiger partial charge < -0.3 is 16.2 Å². The molecule has 0 saturated heterocycles. The predicted molar refractivity (Wildman–Crippen MR) is 110 cm³/mol. The summed E-state index contributed by atoms with van der Waals surface area (Å²) in [5, 5.41) is 13.4. The second kappa shape index (κ2) is 8.43. The van der Waals surface area contributed by atoms with Crippen molar-refractivity contribution in [2.24, 2.45) is 5.73 Å². The smallest absolute Gasteiger partial charge is 0.227 e. The molecular weight excluding hydrogens is 350 g/mol. The Hall–Kier alpha value is -2.21. The molecule has 0 aromatic heterocycles. The molecule has 0 fully saturated rings. The summed E-state index contributed by atoms with van der Waals surface area (Å²) in [5.41, 5.74) is 11.0. The second-order valence-electron chi connectivity index (χ2n) is 8.02. The Morgan fingerprint density at radius 2 is 1.82 bits per heavy atom. The largest absolute Gasteiger partial charge is 0.390 e. The molecule has 1 aliphatic carbocycles. The van der Waals surface area contributed by atoms with E-state index in [2.05, 4.69) is 34.5 Å². The highest BCUT2D eigenvalue weighted by Gasteiger charge is 2.30. The van der Waals surface area contributed by atoms with Crippen LogP contribution in [-0.4, -0.2) is 41.7 Å². The number of aliphatic hydroxyl groups is 1. The third-order valence-corrected chi connectivity index (χ3v) is 6.04. The van der Waals surface area contributed by atoms with Gasteiger partial charge in [0.15, 0.2) is 0 Å². The number of β-amino-alcohol motifs (C(OH)–C–C–N with tert-alkyl or cyclic N) is 1. The Bertz CT molecular complexity index is 838. The lowest BCUT2D eigenvalue weighted by Crippen LogP contribution is -2.43. The molecule has 2 aromatic rings. The number of nitrogens with zero attached hydrogens (tertiary/aromatic N) is 1. The number of aliphatic hydroxyl groups excluding tert-OH is 1. The van der Waals surface area contributed by atoms with Gasteiger partial charge >= 0.3 is 0 Å². The molecule has 2 aliphatic rings. The van der Waals surface area contributed by atoms with E-state index in [9.17, 15) is 9.90 Å². The van der Waals surface area contributed by atoms with Crippen molar-refractivity contribution in [2.45, 2.75) is 43.9 Å². The van der Waals surface area contributed by atoms with Crippen molar-refractivity contribution in [2.75, 3.05) is 19.6 Å².